The van der Waals surface area contributed by atoms with E-state index in [0.717, 1.165) is 45.5 Å². The highest BCUT2D eigenvalue weighted by atomic mass is 79.9. The number of ether oxygens (including phenoxy) is 2. The molecule has 0 spiro atoms. The van der Waals surface area contributed by atoms with Crippen LogP contribution in [-0.4, -0.2) is 65.3 Å². The van der Waals surface area contributed by atoms with Crippen LogP contribution in [0.3, 0.4) is 0 Å². The van der Waals surface area contributed by atoms with Gasteiger partial charge in [0.25, 0.3) is 0 Å². The summed E-state index contributed by atoms with van der Waals surface area (Å²) in [6.07, 6.45) is -3.87. The first kappa shape index (κ1) is 30.9. The number of fused-ring (bicyclic) bond motifs is 1. The summed E-state index contributed by atoms with van der Waals surface area (Å²) in [5, 5.41) is 29.6. The summed E-state index contributed by atoms with van der Waals surface area (Å²) in [6, 6.07) is 20.5. The Labute approximate surface area is 236 Å². The van der Waals surface area contributed by atoms with E-state index < -0.39 is 24.2 Å². The molecule has 8 nitrogen and oxygen atoms in total. The van der Waals surface area contributed by atoms with Gasteiger partial charge in [-0.1, -0.05) is 34.1 Å². The van der Waals surface area contributed by atoms with E-state index in [9.17, 15) is 23.1 Å². The summed E-state index contributed by atoms with van der Waals surface area (Å²) in [6.45, 7) is 1.29. The Kier molecular flexibility index (Phi) is 10.9. The summed E-state index contributed by atoms with van der Waals surface area (Å²) in [5.41, 5.74) is 3.44. The molecule has 3 aromatic carbocycles. The van der Waals surface area contributed by atoms with Crippen molar-refractivity contribution in [2.75, 3.05) is 19.7 Å². The number of hydrogen-bond acceptors (Lipinski definition) is 6. The second-order valence-corrected chi connectivity index (χ2v) is 9.78. The molecule has 1 unspecified atom stereocenters. The van der Waals surface area contributed by atoms with Crippen LogP contribution in [0.15, 0.2) is 71.2 Å². The van der Waals surface area contributed by atoms with E-state index >= 15 is 0 Å². The summed E-state index contributed by atoms with van der Waals surface area (Å²) in [7, 11) is 0. The molecule has 0 bridgehead atoms. The second kappa shape index (κ2) is 14.1. The maximum Gasteiger partial charge on any atom is 0.490 e. The molecule has 40 heavy (non-hydrogen) atoms. The lowest BCUT2D eigenvalue weighted by Crippen LogP contribution is -2.39. The Balaban J connectivity index is 0.000000559. The maximum atomic E-state index is 11.0. The SMILES string of the molecule is O=C(O)C(F)(F)F.O=C(O)c1ccc(-c2ccc3c(c2)CC[C@H](CNCC(O)COc2ccc(Br)cc2)O3)cc1. The molecule has 0 amide bonds. The molecular formula is C28H27BrF3NO7. The van der Waals surface area contributed by atoms with Gasteiger partial charge in [-0.2, -0.15) is 13.2 Å². The molecule has 12 heteroatoms. The van der Waals surface area contributed by atoms with Gasteiger partial charge in [0.1, 0.15) is 30.3 Å². The lowest BCUT2D eigenvalue weighted by molar-refractivity contribution is -0.192. The molecule has 1 heterocycles. The molecule has 3 aromatic rings. The molecule has 1 aliphatic rings. The Bertz CT molecular complexity index is 1280. The van der Waals surface area contributed by atoms with Gasteiger partial charge in [0.05, 0.1) is 5.56 Å². The topological polar surface area (TPSA) is 125 Å². The number of aryl methyl sites for hydroxylation is 1. The summed E-state index contributed by atoms with van der Waals surface area (Å²) < 4.78 is 44.5. The number of rotatable bonds is 9. The molecule has 214 valence electrons. The number of carbonyl (C=O) groups is 2. The molecule has 0 saturated carbocycles. The molecule has 0 aliphatic carbocycles. The Morgan fingerprint density at radius 1 is 1.02 bits per heavy atom. The highest BCUT2D eigenvalue weighted by molar-refractivity contribution is 9.10. The number of aliphatic hydroxyl groups is 1. The first-order chi connectivity index (χ1) is 18.9. The molecule has 4 N–H and O–H groups in total. The minimum atomic E-state index is -5.08. The number of hydrogen-bond donors (Lipinski definition) is 4. The number of carboxylic acids is 2. The molecule has 0 saturated heterocycles. The van der Waals surface area contributed by atoms with E-state index in [1.165, 1.54) is 0 Å². The van der Waals surface area contributed by atoms with E-state index in [4.69, 9.17) is 24.5 Å². The maximum absolute atomic E-state index is 11.0. The lowest BCUT2D eigenvalue weighted by atomic mass is 9.96. The zero-order valence-corrected chi connectivity index (χ0v) is 22.6. The summed E-state index contributed by atoms with van der Waals surface area (Å²) in [5.74, 6) is -2.09. The molecule has 1 aliphatic heterocycles. The molecule has 0 aromatic heterocycles. The average molecular weight is 626 g/mol. The lowest BCUT2D eigenvalue weighted by Gasteiger charge is -2.27. The zero-order valence-electron chi connectivity index (χ0n) is 21.0. The quantitative estimate of drug-likeness (QED) is 0.257. The third-order valence-electron chi connectivity index (χ3n) is 5.81. The van der Waals surface area contributed by atoms with Crippen molar-refractivity contribution in [2.24, 2.45) is 0 Å². The van der Waals surface area contributed by atoms with Gasteiger partial charge in [-0.25, -0.2) is 9.59 Å². The van der Waals surface area contributed by atoms with E-state index in [0.29, 0.717) is 13.1 Å². The van der Waals surface area contributed by atoms with Gasteiger partial charge >= 0.3 is 18.1 Å². The number of alkyl halides is 3. The van der Waals surface area contributed by atoms with Crippen molar-refractivity contribution in [3.05, 3.63) is 82.3 Å². The van der Waals surface area contributed by atoms with Crippen LogP contribution >= 0.6 is 15.9 Å². The minimum absolute atomic E-state index is 0.0396. The van der Waals surface area contributed by atoms with Crippen molar-refractivity contribution in [3.63, 3.8) is 0 Å². The van der Waals surface area contributed by atoms with Gasteiger partial charge in [0.2, 0.25) is 0 Å². The van der Waals surface area contributed by atoms with E-state index in [-0.39, 0.29) is 18.3 Å². The highest BCUT2D eigenvalue weighted by Gasteiger charge is 2.38. The summed E-state index contributed by atoms with van der Waals surface area (Å²) in [4.78, 5) is 19.9. The standard InChI is InChI=1S/C26H26BrNO5.C2HF3O2/c27-21-7-10-23(11-8-21)32-16-22(29)14-28-15-24-9-5-20-13-19(6-12-25(20)33-24)17-1-3-18(4-2-17)26(30)31;3-2(4,5)1(6)7/h1-4,6-8,10-13,22,24,28-29H,5,9,14-16H2,(H,30,31);(H,6,7)/t22?,24-;/m1./s1. The third kappa shape index (κ3) is 9.54. The second-order valence-electron chi connectivity index (χ2n) is 8.86. The van der Waals surface area contributed by atoms with Gasteiger partial charge in [0.15, 0.2) is 0 Å². The Morgan fingerprint density at radius 2 is 1.65 bits per heavy atom. The van der Waals surface area contributed by atoms with Gasteiger partial charge in [-0.3, -0.25) is 0 Å². The number of benzene rings is 3. The third-order valence-corrected chi connectivity index (χ3v) is 6.33. The normalized spacial score (nSPS) is 15.1. The molecule has 0 radical (unpaired) electrons. The van der Waals surface area contributed by atoms with Crippen LogP contribution in [0, 0.1) is 0 Å². The van der Waals surface area contributed by atoms with Gasteiger partial charge in [0, 0.05) is 17.6 Å². The monoisotopic (exact) mass is 625 g/mol. The number of carboxylic acid groups (broad SMARTS) is 2. The number of halogens is 4. The van der Waals surface area contributed by atoms with Crippen molar-refractivity contribution < 1.29 is 47.6 Å². The van der Waals surface area contributed by atoms with Gasteiger partial charge in [-0.15, -0.1) is 0 Å². The zero-order chi connectivity index (χ0) is 29.3. The summed E-state index contributed by atoms with van der Waals surface area (Å²) >= 11 is 3.38. The van der Waals surface area contributed by atoms with Crippen LogP contribution in [0.5, 0.6) is 11.5 Å². The van der Waals surface area contributed by atoms with Gasteiger partial charge < -0.3 is 30.1 Å². The first-order valence-corrected chi connectivity index (χ1v) is 12.9. The van der Waals surface area contributed by atoms with Crippen LogP contribution in [0.4, 0.5) is 13.2 Å². The number of aliphatic carboxylic acids is 1. The number of nitrogens with one attached hydrogen (secondary N) is 1. The molecule has 2 atom stereocenters. The Hall–Kier alpha value is -3.61. The fraction of sp³-hybridized carbons (Fsp3) is 0.286. The largest absolute Gasteiger partial charge is 0.491 e. The Morgan fingerprint density at radius 3 is 2.25 bits per heavy atom. The van der Waals surface area contributed by atoms with Crippen molar-refractivity contribution in [3.8, 4) is 22.6 Å². The molecule has 0 fully saturated rings. The van der Waals surface area contributed by atoms with Crippen LogP contribution in [0.25, 0.3) is 11.1 Å². The molecular weight excluding hydrogens is 599 g/mol. The first-order valence-electron chi connectivity index (χ1n) is 12.1. The predicted molar refractivity (Wildman–Crippen MR) is 144 cm³/mol. The van der Waals surface area contributed by atoms with Crippen LogP contribution in [0.2, 0.25) is 0 Å². The van der Waals surface area contributed by atoms with Crippen molar-refractivity contribution in [1.29, 1.82) is 0 Å². The van der Waals surface area contributed by atoms with Crippen LogP contribution in [-0.2, 0) is 11.2 Å². The van der Waals surface area contributed by atoms with Crippen molar-refractivity contribution >= 4 is 27.9 Å². The van der Waals surface area contributed by atoms with E-state index in [1.807, 2.05) is 48.5 Å². The van der Waals surface area contributed by atoms with Crippen LogP contribution < -0.4 is 14.8 Å². The fourth-order valence-electron chi connectivity index (χ4n) is 3.77. The van der Waals surface area contributed by atoms with Crippen molar-refractivity contribution in [1.82, 2.24) is 5.32 Å². The highest BCUT2D eigenvalue weighted by Crippen LogP contribution is 2.32. The van der Waals surface area contributed by atoms with E-state index in [1.54, 1.807) is 12.1 Å². The van der Waals surface area contributed by atoms with Crippen LogP contribution in [0.1, 0.15) is 22.3 Å². The average Bonchev–Trinajstić information content (AvgIpc) is 2.92. The van der Waals surface area contributed by atoms with Crippen molar-refractivity contribution in [2.45, 2.75) is 31.2 Å². The smallest absolute Gasteiger partial charge is 0.490 e. The van der Waals surface area contributed by atoms with E-state index in [2.05, 4.69) is 27.3 Å². The predicted octanol–water partition coefficient (Wildman–Crippen LogP) is 5.17. The minimum Gasteiger partial charge on any atom is -0.491 e. The fourth-order valence-corrected chi connectivity index (χ4v) is 4.03. The number of aromatic carboxylic acids is 1. The molecule has 4 rings (SSSR count). The van der Waals surface area contributed by atoms with Gasteiger partial charge in [-0.05, 0) is 78.1 Å². The number of aliphatic hydroxyl groups excluding tert-OH is 1.